The van der Waals surface area contributed by atoms with E-state index in [-0.39, 0.29) is 36.1 Å². The Kier molecular flexibility index (Phi) is 10.0. The van der Waals surface area contributed by atoms with Crippen molar-refractivity contribution in [3.8, 4) is 0 Å². The fourth-order valence-corrected chi connectivity index (χ4v) is 5.37. The Morgan fingerprint density at radius 3 is 1.16 bits per heavy atom. The minimum atomic E-state index is -0.249. The van der Waals surface area contributed by atoms with Crippen LogP contribution in [0.5, 0.6) is 0 Å². The van der Waals surface area contributed by atoms with E-state index in [2.05, 4.69) is 9.80 Å². The summed E-state index contributed by atoms with van der Waals surface area (Å²) >= 11 is 26.4. The highest BCUT2D eigenvalue weighted by molar-refractivity contribution is 6.48. The zero-order chi connectivity index (χ0) is 22.0. The number of nitrogens with zero attached hydrogens (tertiary/aromatic N) is 2. The van der Waals surface area contributed by atoms with Crippen LogP contribution in [0, 0.1) is 11.8 Å². The summed E-state index contributed by atoms with van der Waals surface area (Å²) in [4.78, 5) is 27.1. The standard InChI is InChI=1S/C20H26Cl4N4O2.ClH/c21-15-13(9-27-5-1-11(2-6-27)19(25)29)16(22)18(24)14(17(15)23)10-28-7-3-12(4-8-28)20(26)30;/h11-12H,1-10H2,(H2,25,29)(H2,26,30);1H. The van der Waals surface area contributed by atoms with Gasteiger partial charge in [0, 0.05) is 36.1 Å². The van der Waals surface area contributed by atoms with Crippen molar-refractivity contribution in [1.29, 1.82) is 0 Å². The summed E-state index contributed by atoms with van der Waals surface area (Å²) in [5, 5.41) is 1.63. The summed E-state index contributed by atoms with van der Waals surface area (Å²) in [6, 6.07) is 0. The lowest BCUT2D eigenvalue weighted by Gasteiger charge is -2.32. The smallest absolute Gasteiger partial charge is 0.220 e. The summed E-state index contributed by atoms with van der Waals surface area (Å²) in [6.07, 6.45) is 2.85. The maximum absolute atomic E-state index is 11.4. The topological polar surface area (TPSA) is 92.7 Å². The first kappa shape index (κ1) is 26.8. The average molecular weight is 533 g/mol. The molecule has 0 unspecified atom stereocenters. The fraction of sp³-hybridized carbons (Fsp3) is 0.600. The zero-order valence-electron chi connectivity index (χ0n) is 17.0. The lowest BCUT2D eigenvalue weighted by molar-refractivity contribution is -0.124. The molecule has 31 heavy (non-hydrogen) atoms. The van der Waals surface area contributed by atoms with E-state index < -0.39 is 0 Å². The molecule has 0 aliphatic carbocycles. The summed E-state index contributed by atoms with van der Waals surface area (Å²) < 4.78 is 0. The Morgan fingerprint density at radius 1 is 0.677 bits per heavy atom. The van der Waals surface area contributed by atoms with E-state index in [1.165, 1.54) is 0 Å². The molecule has 2 aliphatic heterocycles. The van der Waals surface area contributed by atoms with Crippen LogP contribution < -0.4 is 11.5 Å². The van der Waals surface area contributed by atoms with Crippen LogP contribution in [-0.4, -0.2) is 47.8 Å². The third-order valence-electron chi connectivity index (χ3n) is 6.19. The summed E-state index contributed by atoms with van der Waals surface area (Å²) in [5.41, 5.74) is 12.2. The first-order chi connectivity index (χ1) is 14.2. The van der Waals surface area contributed by atoms with Crippen LogP contribution in [0.15, 0.2) is 0 Å². The van der Waals surface area contributed by atoms with Gasteiger partial charge in [-0.2, -0.15) is 0 Å². The van der Waals surface area contributed by atoms with E-state index in [1.807, 2.05) is 0 Å². The number of piperidine rings is 2. The number of benzene rings is 1. The first-order valence-corrected chi connectivity index (χ1v) is 11.6. The van der Waals surface area contributed by atoms with E-state index in [0.717, 1.165) is 26.2 Å². The van der Waals surface area contributed by atoms with Gasteiger partial charge in [-0.1, -0.05) is 46.4 Å². The number of halogens is 5. The highest BCUT2D eigenvalue weighted by Crippen LogP contribution is 2.43. The molecule has 0 saturated carbocycles. The first-order valence-electron chi connectivity index (χ1n) is 10.1. The van der Waals surface area contributed by atoms with E-state index in [9.17, 15) is 9.59 Å². The minimum Gasteiger partial charge on any atom is -0.369 e. The van der Waals surface area contributed by atoms with Crippen LogP contribution in [0.2, 0.25) is 20.1 Å². The third kappa shape index (κ3) is 6.32. The molecular weight excluding hydrogens is 506 g/mol. The molecule has 0 bridgehead atoms. The van der Waals surface area contributed by atoms with Crippen LogP contribution in [0.3, 0.4) is 0 Å². The SMILES string of the molecule is Cl.NC(=O)C1CCN(Cc2c(Cl)c(Cl)c(CN3CCC(C(N)=O)CC3)c(Cl)c2Cl)CC1. The van der Waals surface area contributed by atoms with Crippen molar-refractivity contribution in [2.45, 2.75) is 38.8 Å². The number of rotatable bonds is 6. The normalized spacial score (nSPS) is 19.2. The van der Waals surface area contributed by atoms with Gasteiger partial charge in [-0.15, -0.1) is 12.4 Å². The molecular formula is C20H27Cl5N4O2. The van der Waals surface area contributed by atoms with Gasteiger partial charge < -0.3 is 11.5 Å². The second-order valence-corrected chi connectivity index (χ2v) is 9.63. The van der Waals surface area contributed by atoms with Gasteiger partial charge in [-0.25, -0.2) is 0 Å². The van der Waals surface area contributed by atoms with Crippen molar-refractivity contribution in [3.63, 3.8) is 0 Å². The van der Waals surface area contributed by atoms with E-state index in [0.29, 0.717) is 70.0 Å². The third-order valence-corrected chi connectivity index (χ3v) is 8.05. The molecule has 2 amide bonds. The largest absolute Gasteiger partial charge is 0.369 e. The number of nitrogens with two attached hydrogens (primary N) is 2. The highest BCUT2D eigenvalue weighted by Gasteiger charge is 2.28. The van der Waals surface area contributed by atoms with Crippen LogP contribution in [0.4, 0.5) is 0 Å². The van der Waals surface area contributed by atoms with Crippen LogP contribution in [0.25, 0.3) is 0 Å². The maximum Gasteiger partial charge on any atom is 0.220 e. The molecule has 0 radical (unpaired) electrons. The molecule has 3 rings (SSSR count). The van der Waals surface area contributed by atoms with E-state index in [1.54, 1.807) is 0 Å². The number of amides is 2. The monoisotopic (exact) mass is 530 g/mol. The van der Waals surface area contributed by atoms with Crippen LogP contribution in [-0.2, 0) is 22.7 Å². The van der Waals surface area contributed by atoms with Gasteiger partial charge in [0.05, 0.1) is 20.1 Å². The number of hydrogen-bond donors (Lipinski definition) is 2. The van der Waals surface area contributed by atoms with Crippen LogP contribution >= 0.6 is 58.8 Å². The Labute approximate surface area is 208 Å². The number of likely N-dealkylation sites (tertiary alicyclic amines) is 2. The summed E-state index contributed by atoms with van der Waals surface area (Å²) in [7, 11) is 0. The molecule has 174 valence electrons. The number of carbonyl (C=O) groups is 2. The molecule has 2 fully saturated rings. The fourth-order valence-electron chi connectivity index (χ4n) is 4.20. The zero-order valence-corrected chi connectivity index (χ0v) is 20.9. The van der Waals surface area contributed by atoms with Crippen molar-refractivity contribution in [3.05, 3.63) is 31.2 Å². The van der Waals surface area contributed by atoms with Crippen molar-refractivity contribution < 1.29 is 9.59 Å². The molecule has 11 heteroatoms. The summed E-state index contributed by atoms with van der Waals surface area (Å²) in [5.74, 6) is -0.664. The van der Waals surface area contributed by atoms with Gasteiger partial charge in [-0.05, 0) is 51.9 Å². The molecule has 2 aliphatic rings. The predicted octanol–water partition coefficient (Wildman–Crippen LogP) is 4.12. The second kappa shape index (κ2) is 11.6. The highest BCUT2D eigenvalue weighted by atomic mass is 35.5. The van der Waals surface area contributed by atoms with Gasteiger partial charge in [0.1, 0.15) is 0 Å². The van der Waals surface area contributed by atoms with E-state index in [4.69, 9.17) is 57.9 Å². The Balaban J connectivity index is 0.00000341. The van der Waals surface area contributed by atoms with Crippen molar-refractivity contribution in [2.24, 2.45) is 23.3 Å². The minimum absolute atomic E-state index is 0. The number of carbonyl (C=O) groups excluding carboxylic acids is 2. The molecule has 6 nitrogen and oxygen atoms in total. The van der Waals surface area contributed by atoms with Crippen molar-refractivity contribution in [2.75, 3.05) is 26.2 Å². The van der Waals surface area contributed by atoms with Gasteiger partial charge in [0.25, 0.3) is 0 Å². The lowest BCUT2D eigenvalue weighted by atomic mass is 9.95. The van der Waals surface area contributed by atoms with Gasteiger partial charge in [0.2, 0.25) is 11.8 Å². The van der Waals surface area contributed by atoms with Gasteiger partial charge in [0.15, 0.2) is 0 Å². The van der Waals surface area contributed by atoms with Gasteiger partial charge >= 0.3 is 0 Å². The maximum atomic E-state index is 11.4. The average Bonchev–Trinajstić information content (AvgIpc) is 2.73. The molecule has 1 aromatic rings. The number of primary amides is 2. The second-order valence-electron chi connectivity index (χ2n) is 8.12. The quantitative estimate of drug-likeness (QED) is 0.539. The Hall–Kier alpha value is -0.470. The van der Waals surface area contributed by atoms with E-state index >= 15 is 0 Å². The molecule has 1 aromatic carbocycles. The number of hydrogen-bond acceptors (Lipinski definition) is 4. The molecule has 0 atom stereocenters. The summed E-state index contributed by atoms with van der Waals surface area (Å²) in [6.45, 7) is 3.93. The lowest BCUT2D eigenvalue weighted by Crippen LogP contribution is -2.38. The van der Waals surface area contributed by atoms with Crippen molar-refractivity contribution in [1.82, 2.24) is 9.80 Å². The van der Waals surface area contributed by atoms with Crippen molar-refractivity contribution >= 4 is 70.6 Å². The molecule has 0 aromatic heterocycles. The molecule has 2 heterocycles. The molecule has 4 N–H and O–H groups in total. The van der Waals surface area contributed by atoms with Gasteiger partial charge in [-0.3, -0.25) is 19.4 Å². The van der Waals surface area contributed by atoms with Crippen LogP contribution in [0.1, 0.15) is 36.8 Å². The predicted molar refractivity (Wildman–Crippen MR) is 128 cm³/mol. The molecule has 2 saturated heterocycles. The Morgan fingerprint density at radius 2 is 0.935 bits per heavy atom. The molecule has 0 spiro atoms. The Bertz CT molecular complexity index is 726.